The molecule has 1 atom stereocenters. The molecule has 0 fully saturated rings. The van der Waals surface area contributed by atoms with Crippen molar-refractivity contribution in [1.82, 2.24) is 9.78 Å². The normalized spacial score (nSPS) is 12.3. The maximum absolute atomic E-state index is 12.5. The molecule has 130 valence electrons. The predicted octanol–water partition coefficient (Wildman–Crippen LogP) is 2.71. The number of aryl methyl sites for hydroxylation is 2. The number of aliphatic hydroxyl groups excluding tert-OH is 1. The van der Waals surface area contributed by atoms with Crippen LogP contribution in [0.15, 0.2) is 53.3 Å². The summed E-state index contributed by atoms with van der Waals surface area (Å²) < 4.78 is 6.92. The third kappa shape index (κ3) is 3.88. The van der Waals surface area contributed by atoms with E-state index in [4.69, 9.17) is 4.74 Å². The second-order valence-electron chi connectivity index (χ2n) is 6.08. The van der Waals surface area contributed by atoms with Gasteiger partial charge >= 0.3 is 0 Å². The van der Waals surface area contributed by atoms with E-state index in [2.05, 4.69) is 12.0 Å². The first kappa shape index (κ1) is 17.2. The van der Waals surface area contributed by atoms with E-state index in [1.165, 1.54) is 10.2 Å². The summed E-state index contributed by atoms with van der Waals surface area (Å²) >= 11 is 0. The first-order chi connectivity index (χ1) is 12.1. The Balaban J connectivity index is 1.70. The van der Waals surface area contributed by atoms with Gasteiger partial charge in [-0.15, -0.1) is 0 Å². The fourth-order valence-corrected chi connectivity index (χ4v) is 2.79. The SMILES string of the molecule is CCc1ccc(OC[C@H](O)Cn2nc(C)c3ccccc3c2=O)cc1. The zero-order valence-electron chi connectivity index (χ0n) is 14.5. The molecule has 3 rings (SSSR count). The van der Waals surface area contributed by atoms with Crippen molar-refractivity contribution in [3.8, 4) is 5.75 Å². The molecule has 5 nitrogen and oxygen atoms in total. The van der Waals surface area contributed by atoms with Gasteiger partial charge < -0.3 is 9.84 Å². The first-order valence-electron chi connectivity index (χ1n) is 8.44. The molecule has 0 aliphatic rings. The second kappa shape index (κ2) is 7.49. The standard InChI is InChI=1S/C20H22N2O3/c1-3-15-8-10-17(11-9-15)25-13-16(23)12-22-20(24)19-7-5-4-6-18(19)14(2)21-22/h4-11,16,23H,3,12-13H2,1-2H3/t16-/m1/s1. The van der Waals surface area contributed by atoms with E-state index in [1.54, 1.807) is 6.07 Å². The van der Waals surface area contributed by atoms with Gasteiger partial charge in [-0.1, -0.05) is 37.3 Å². The summed E-state index contributed by atoms with van der Waals surface area (Å²) in [4.78, 5) is 12.5. The Hall–Kier alpha value is -2.66. The van der Waals surface area contributed by atoms with E-state index in [0.29, 0.717) is 11.1 Å². The van der Waals surface area contributed by atoms with Crippen LogP contribution < -0.4 is 10.3 Å². The number of nitrogens with zero attached hydrogens (tertiary/aromatic N) is 2. The van der Waals surface area contributed by atoms with Crippen LogP contribution in [-0.4, -0.2) is 27.6 Å². The van der Waals surface area contributed by atoms with Gasteiger partial charge in [0.1, 0.15) is 18.5 Å². The number of rotatable bonds is 6. The van der Waals surface area contributed by atoms with E-state index in [9.17, 15) is 9.90 Å². The van der Waals surface area contributed by atoms with Crippen LogP contribution in [0, 0.1) is 6.92 Å². The van der Waals surface area contributed by atoms with Crippen molar-refractivity contribution in [2.24, 2.45) is 0 Å². The van der Waals surface area contributed by atoms with Crippen LogP contribution in [0.4, 0.5) is 0 Å². The van der Waals surface area contributed by atoms with Crippen molar-refractivity contribution in [2.45, 2.75) is 32.9 Å². The maximum Gasteiger partial charge on any atom is 0.274 e. The van der Waals surface area contributed by atoms with E-state index in [-0.39, 0.29) is 18.7 Å². The lowest BCUT2D eigenvalue weighted by Gasteiger charge is -2.14. The molecular weight excluding hydrogens is 316 g/mol. The van der Waals surface area contributed by atoms with E-state index >= 15 is 0 Å². The van der Waals surface area contributed by atoms with Crippen LogP contribution in [-0.2, 0) is 13.0 Å². The molecule has 3 aromatic rings. The molecule has 0 bridgehead atoms. The molecule has 0 aliphatic carbocycles. The second-order valence-corrected chi connectivity index (χ2v) is 6.08. The van der Waals surface area contributed by atoms with Crippen molar-refractivity contribution in [2.75, 3.05) is 6.61 Å². The van der Waals surface area contributed by atoms with Gasteiger partial charge in [-0.2, -0.15) is 5.10 Å². The summed E-state index contributed by atoms with van der Waals surface area (Å²) in [5, 5.41) is 16.0. The highest BCUT2D eigenvalue weighted by molar-refractivity contribution is 5.83. The van der Waals surface area contributed by atoms with Crippen LogP contribution >= 0.6 is 0 Å². The molecule has 0 saturated carbocycles. The Morgan fingerprint density at radius 2 is 1.80 bits per heavy atom. The molecule has 1 N–H and O–H groups in total. The minimum absolute atomic E-state index is 0.0948. The number of benzene rings is 2. The molecule has 1 heterocycles. The highest BCUT2D eigenvalue weighted by Gasteiger charge is 2.12. The molecule has 0 spiro atoms. The number of hydrogen-bond donors (Lipinski definition) is 1. The van der Waals surface area contributed by atoms with Gasteiger partial charge in [-0.3, -0.25) is 4.79 Å². The third-order valence-corrected chi connectivity index (χ3v) is 4.21. The van der Waals surface area contributed by atoms with Crippen molar-refractivity contribution >= 4 is 10.8 Å². The van der Waals surface area contributed by atoms with Crippen LogP contribution in [0.3, 0.4) is 0 Å². The molecule has 0 amide bonds. The minimum atomic E-state index is -0.823. The smallest absolute Gasteiger partial charge is 0.274 e. The zero-order valence-corrected chi connectivity index (χ0v) is 14.5. The van der Waals surface area contributed by atoms with E-state index < -0.39 is 6.10 Å². The average Bonchev–Trinajstić information content (AvgIpc) is 2.64. The number of aromatic nitrogens is 2. The van der Waals surface area contributed by atoms with E-state index in [0.717, 1.165) is 17.5 Å². The molecule has 0 unspecified atom stereocenters. The zero-order chi connectivity index (χ0) is 17.8. The summed E-state index contributed by atoms with van der Waals surface area (Å²) in [6.45, 7) is 4.15. The number of hydrogen-bond acceptors (Lipinski definition) is 4. The molecule has 0 aliphatic heterocycles. The van der Waals surface area contributed by atoms with Gasteiger partial charge in [0.05, 0.1) is 17.6 Å². The average molecular weight is 338 g/mol. The fraction of sp³-hybridized carbons (Fsp3) is 0.300. The Morgan fingerprint density at radius 3 is 2.48 bits per heavy atom. The topological polar surface area (TPSA) is 64.3 Å². The Labute approximate surface area is 146 Å². The lowest BCUT2D eigenvalue weighted by atomic mass is 10.1. The molecule has 0 saturated heterocycles. The van der Waals surface area contributed by atoms with Crippen molar-refractivity contribution in [1.29, 1.82) is 0 Å². The van der Waals surface area contributed by atoms with Crippen LogP contribution in [0.1, 0.15) is 18.2 Å². The third-order valence-electron chi connectivity index (χ3n) is 4.21. The minimum Gasteiger partial charge on any atom is -0.491 e. The summed E-state index contributed by atoms with van der Waals surface area (Å²) in [5.41, 5.74) is 1.79. The predicted molar refractivity (Wildman–Crippen MR) is 98.1 cm³/mol. The molecule has 25 heavy (non-hydrogen) atoms. The number of ether oxygens (including phenoxy) is 1. The van der Waals surface area contributed by atoms with Gasteiger partial charge in [0.15, 0.2) is 0 Å². The molecule has 1 aromatic heterocycles. The van der Waals surface area contributed by atoms with E-state index in [1.807, 2.05) is 49.4 Å². The van der Waals surface area contributed by atoms with Crippen molar-refractivity contribution < 1.29 is 9.84 Å². The Bertz CT molecular complexity index is 916. The summed E-state index contributed by atoms with van der Waals surface area (Å²) in [5.74, 6) is 0.700. The summed E-state index contributed by atoms with van der Waals surface area (Å²) in [6, 6.07) is 15.1. The first-order valence-corrected chi connectivity index (χ1v) is 8.44. The fourth-order valence-electron chi connectivity index (χ4n) is 2.79. The van der Waals surface area contributed by atoms with Gasteiger partial charge in [-0.05, 0) is 37.1 Å². The van der Waals surface area contributed by atoms with Crippen LogP contribution in [0.25, 0.3) is 10.8 Å². The quantitative estimate of drug-likeness (QED) is 0.750. The Morgan fingerprint density at radius 1 is 1.12 bits per heavy atom. The Kier molecular flexibility index (Phi) is 5.14. The lowest BCUT2D eigenvalue weighted by Crippen LogP contribution is -2.32. The highest BCUT2D eigenvalue weighted by Crippen LogP contribution is 2.14. The van der Waals surface area contributed by atoms with Gasteiger partial charge in [0, 0.05) is 5.39 Å². The van der Waals surface area contributed by atoms with Gasteiger partial charge in [0.2, 0.25) is 0 Å². The largest absolute Gasteiger partial charge is 0.491 e. The molecule has 5 heteroatoms. The summed E-state index contributed by atoms with van der Waals surface area (Å²) in [6.07, 6.45) is 0.148. The van der Waals surface area contributed by atoms with Crippen molar-refractivity contribution in [3.05, 3.63) is 70.1 Å². The van der Waals surface area contributed by atoms with Crippen LogP contribution in [0.2, 0.25) is 0 Å². The molecule has 2 aromatic carbocycles. The molecular formula is C20H22N2O3. The monoisotopic (exact) mass is 338 g/mol. The number of aliphatic hydroxyl groups is 1. The van der Waals surface area contributed by atoms with Gasteiger partial charge in [-0.25, -0.2) is 4.68 Å². The van der Waals surface area contributed by atoms with Crippen LogP contribution in [0.5, 0.6) is 5.75 Å². The van der Waals surface area contributed by atoms with Gasteiger partial charge in [0.25, 0.3) is 5.56 Å². The maximum atomic E-state index is 12.5. The van der Waals surface area contributed by atoms with Crippen molar-refractivity contribution in [3.63, 3.8) is 0 Å². The number of fused-ring (bicyclic) bond motifs is 1. The highest BCUT2D eigenvalue weighted by atomic mass is 16.5. The lowest BCUT2D eigenvalue weighted by molar-refractivity contribution is 0.0880. The summed E-state index contributed by atoms with van der Waals surface area (Å²) in [7, 11) is 0. The molecule has 0 radical (unpaired) electrons.